The normalized spacial score (nSPS) is 19.1. The first-order valence-electron chi connectivity index (χ1n) is 9.37. The molecule has 0 aromatic carbocycles. The lowest BCUT2D eigenvalue weighted by Gasteiger charge is -2.37. The summed E-state index contributed by atoms with van der Waals surface area (Å²) in [5, 5.41) is 0. The number of likely N-dealkylation sites (N-methyl/N-ethyl adjacent to an activating group) is 1. The van der Waals surface area contributed by atoms with Gasteiger partial charge < -0.3 is 19.6 Å². The van der Waals surface area contributed by atoms with Crippen molar-refractivity contribution in [1.29, 1.82) is 0 Å². The SMILES string of the molecule is Cc1ccc(N2CCN(c3cc(N4CCN(C)CC4)ncn3)CC2)nc1. The Balaban J connectivity index is 1.40. The Morgan fingerprint density at radius 3 is 1.77 bits per heavy atom. The highest BCUT2D eigenvalue weighted by molar-refractivity contribution is 5.52. The zero-order chi connectivity index (χ0) is 17.9. The lowest BCUT2D eigenvalue weighted by Crippen LogP contribution is -2.47. The number of piperazine rings is 2. The van der Waals surface area contributed by atoms with E-state index in [2.05, 4.69) is 66.7 Å². The molecule has 4 heterocycles. The summed E-state index contributed by atoms with van der Waals surface area (Å²) in [4.78, 5) is 23.0. The number of aryl methyl sites for hydroxylation is 1. The fourth-order valence-corrected chi connectivity index (χ4v) is 3.53. The number of anilines is 3. The van der Waals surface area contributed by atoms with Crippen molar-refractivity contribution in [3.8, 4) is 0 Å². The van der Waals surface area contributed by atoms with Crippen molar-refractivity contribution >= 4 is 17.5 Å². The molecular formula is C19H27N7. The largest absolute Gasteiger partial charge is 0.354 e. The van der Waals surface area contributed by atoms with E-state index in [9.17, 15) is 0 Å². The molecule has 2 saturated heterocycles. The number of nitrogens with zero attached hydrogens (tertiary/aromatic N) is 7. The Morgan fingerprint density at radius 2 is 1.23 bits per heavy atom. The summed E-state index contributed by atoms with van der Waals surface area (Å²) in [6.07, 6.45) is 3.64. The van der Waals surface area contributed by atoms with E-state index in [1.807, 2.05) is 6.20 Å². The zero-order valence-corrected chi connectivity index (χ0v) is 15.7. The number of aromatic nitrogens is 3. The van der Waals surface area contributed by atoms with Crippen LogP contribution in [0.5, 0.6) is 0 Å². The van der Waals surface area contributed by atoms with Gasteiger partial charge in [0.05, 0.1) is 0 Å². The van der Waals surface area contributed by atoms with Crippen LogP contribution in [0.2, 0.25) is 0 Å². The topological polar surface area (TPSA) is 51.6 Å². The highest BCUT2D eigenvalue weighted by Crippen LogP contribution is 2.21. The summed E-state index contributed by atoms with van der Waals surface area (Å²) in [6, 6.07) is 6.38. The minimum atomic E-state index is 0.953. The van der Waals surface area contributed by atoms with E-state index in [1.165, 1.54) is 5.56 Å². The summed E-state index contributed by atoms with van der Waals surface area (Å²) in [5.41, 5.74) is 1.20. The summed E-state index contributed by atoms with van der Waals surface area (Å²) in [5.74, 6) is 3.15. The predicted molar refractivity (Wildman–Crippen MR) is 105 cm³/mol. The van der Waals surface area contributed by atoms with Crippen molar-refractivity contribution in [2.75, 3.05) is 74.1 Å². The molecule has 0 amide bonds. The van der Waals surface area contributed by atoms with Gasteiger partial charge in [-0.2, -0.15) is 0 Å². The Labute approximate surface area is 155 Å². The van der Waals surface area contributed by atoms with Crippen LogP contribution < -0.4 is 14.7 Å². The average molecular weight is 353 g/mol. The van der Waals surface area contributed by atoms with Gasteiger partial charge in [-0.1, -0.05) is 6.07 Å². The second-order valence-corrected chi connectivity index (χ2v) is 7.19. The average Bonchev–Trinajstić information content (AvgIpc) is 2.69. The van der Waals surface area contributed by atoms with Gasteiger partial charge in [0.15, 0.2) is 0 Å². The predicted octanol–water partition coefficient (Wildman–Crippen LogP) is 1.26. The molecule has 0 bridgehead atoms. The highest BCUT2D eigenvalue weighted by atomic mass is 15.3. The molecular weight excluding hydrogens is 326 g/mol. The van der Waals surface area contributed by atoms with E-state index >= 15 is 0 Å². The molecule has 2 aliphatic rings. The van der Waals surface area contributed by atoms with Crippen LogP contribution in [0.15, 0.2) is 30.7 Å². The lowest BCUT2D eigenvalue weighted by molar-refractivity contribution is 0.312. The van der Waals surface area contributed by atoms with E-state index in [1.54, 1.807) is 6.33 Å². The van der Waals surface area contributed by atoms with Crippen LogP contribution in [0.25, 0.3) is 0 Å². The highest BCUT2D eigenvalue weighted by Gasteiger charge is 2.21. The van der Waals surface area contributed by atoms with Crippen LogP contribution >= 0.6 is 0 Å². The molecule has 2 aromatic heterocycles. The maximum absolute atomic E-state index is 4.55. The van der Waals surface area contributed by atoms with Gasteiger partial charge in [-0.05, 0) is 25.6 Å². The molecule has 2 fully saturated rings. The third kappa shape index (κ3) is 3.72. The first-order chi connectivity index (χ1) is 12.7. The summed E-state index contributed by atoms with van der Waals surface area (Å²) in [7, 11) is 2.17. The number of rotatable bonds is 3. The van der Waals surface area contributed by atoms with E-state index < -0.39 is 0 Å². The van der Waals surface area contributed by atoms with Crippen LogP contribution in [0, 0.1) is 6.92 Å². The molecule has 0 atom stereocenters. The molecule has 0 saturated carbocycles. The van der Waals surface area contributed by atoms with Gasteiger partial charge in [0.25, 0.3) is 0 Å². The van der Waals surface area contributed by atoms with Crippen LogP contribution in [0.1, 0.15) is 5.56 Å². The molecule has 0 N–H and O–H groups in total. The van der Waals surface area contributed by atoms with Gasteiger partial charge in [-0.25, -0.2) is 15.0 Å². The monoisotopic (exact) mass is 353 g/mol. The smallest absolute Gasteiger partial charge is 0.134 e. The maximum Gasteiger partial charge on any atom is 0.134 e. The second-order valence-electron chi connectivity index (χ2n) is 7.19. The summed E-state index contributed by atoms with van der Waals surface area (Å²) >= 11 is 0. The molecule has 2 aromatic rings. The fraction of sp³-hybridized carbons (Fsp3) is 0.526. The van der Waals surface area contributed by atoms with Gasteiger partial charge in [0.1, 0.15) is 23.8 Å². The number of pyridine rings is 1. The maximum atomic E-state index is 4.55. The zero-order valence-electron chi connectivity index (χ0n) is 15.7. The van der Waals surface area contributed by atoms with Crippen molar-refractivity contribution < 1.29 is 0 Å². The van der Waals surface area contributed by atoms with Crippen molar-refractivity contribution in [2.24, 2.45) is 0 Å². The molecule has 2 aliphatic heterocycles. The fourth-order valence-electron chi connectivity index (χ4n) is 3.53. The first kappa shape index (κ1) is 17.0. The molecule has 138 valence electrons. The third-order valence-electron chi connectivity index (χ3n) is 5.29. The molecule has 7 nitrogen and oxygen atoms in total. The van der Waals surface area contributed by atoms with Gasteiger partial charge >= 0.3 is 0 Å². The lowest BCUT2D eigenvalue weighted by atomic mass is 10.2. The Morgan fingerprint density at radius 1 is 0.692 bits per heavy atom. The van der Waals surface area contributed by atoms with E-state index in [-0.39, 0.29) is 0 Å². The van der Waals surface area contributed by atoms with Crippen molar-refractivity contribution in [2.45, 2.75) is 6.92 Å². The Bertz CT molecular complexity index is 717. The first-order valence-corrected chi connectivity index (χ1v) is 9.37. The Hall–Kier alpha value is -2.41. The van der Waals surface area contributed by atoms with Crippen molar-refractivity contribution in [3.63, 3.8) is 0 Å². The molecule has 7 heteroatoms. The standard InChI is InChI=1S/C19H27N7/c1-16-3-4-17(20-14-16)24-9-11-26(12-10-24)19-13-18(21-15-22-19)25-7-5-23(2)6-8-25/h3-4,13-15H,5-12H2,1-2H3. The molecule has 0 radical (unpaired) electrons. The summed E-state index contributed by atoms with van der Waals surface area (Å²) < 4.78 is 0. The summed E-state index contributed by atoms with van der Waals surface area (Å²) in [6.45, 7) is 10.1. The van der Waals surface area contributed by atoms with Crippen molar-refractivity contribution in [3.05, 3.63) is 36.3 Å². The minimum Gasteiger partial charge on any atom is -0.354 e. The number of hydrogen-bond donors (Lipinski definition) is 0. The van der Waals surface area contributed by atoms with Gasteiger partial charge in [-0.15, -0.1) is 0 Å². The molecule has 26 heavy (non-hydrogen) atoms. The van der Waals surface area contributed by atoms with Crippen LogP contribution in [-0.4, -0.2) is 79.3 Å². The van der Waals surface area contributed by atoms with Crippen molar-refractivity contribution in [1.82, 2.24) is 19.9 Å². The van der Waals surface area contributed by atoms with E-state index in [4.69, 9.17) is 0 Å². The van der Waals surface area contributed by atoms with Crippen LogP contribution in [-0.2, 0) is 0 Å². The van der Waals surface area contributed by atoms with Gasteiger partial charge in [0.2, 0.25) is 0 Å². The second kappa shape index (κ2) is 7.45. The van der Waals surface area contributed by atoms with Crippen LogP contribution in [0.3, 0.4) is 0 Å². The van der Waals surface area contributed by atoms with E-state index in [0.717, 1.165) is 69.8 Å². The molecule has 0 aliphatic carbocycles. The third-order valence-corrected chi connectivity index (χ3v) is 5.29. The quantitative estimate of drug-likeness (QED) is 0.823. The molecule has 4 rings (SSSR count). The van der Waals surface area contributed by atoms with Crippen LogP contribution in [0.4, 0.5) is 17.5 Å². The van der Waals surface area contributed by atoms with Gasteiger partial charge in [0, 0.05) is 64.6 Å². The Kier molecular flexibility index (Phi) is 4.88. The van der Waals surface area contributed by atoms with E-state index in [0.29, 0.717) is 0 Å². The molecule has 0 spiro atoms. The van der Waals surface area contributed by atoms with Gasteiger partial charge in [-0.3, -0.25) is 0 Å². The number of hydrogen-bond acceptors (Lipinski definition) is 7. The molecule has 0 unspecified atom stereocenters. The minimum absolute atomic E-state index is 0.953.